The largest absolute Gasteiger partial charge is 0.355 e. The Morgan fingerprint density at radius 1 is 1.35 bits per heavy atom. The van der Waals surface area contributed by atoms with Crippen LogP contribution in [0.5, 0.6) is 0 Å². The molecule has 128 valence electrons. The van der Waals surface area contributed by atoms with Crippen molar-refractivity contribution in [2.45, 2.75) is 24.7 Å². The van der Waals surface area contributed by atoms with Crippen molar-refractivity contribution in [1.29, 1.82) is 0 Å². The lowest BCUT2D eigenvalue weighted by atomic mass is 9.99. The summed E-state index contributed by atoms with van der Waals surface area (Å²) in [6, 6.07) is 10.0. The van der Waals surface area contributed by atoms with Crippen molar-refractivity contribution < 1.29 is 13.2 Å². The first-order chi connectivity index (χ1) is 11.0. The number of nitrogens with one attached hydrogen (secondary N) is 1. The van der Waals surface area contributed by atoms with Gasteiger partial charge in [0, 0.05) is 30.3 Å². The van der Waals surface area contributed by atoms with Gasteiger partial charge in [0.05, 0.1) is 11.7 Å². The van der Waals surface area contributed by atoms with Crippen molar-refractivity contribution >= 4 is 27.7 Å². The maximum atomic E-state index is 12.2. The number of benzene rings is 1. The van der Waals surface area contributed by atoms with Crippen molar-refractivity contribution in [3.63, 3.8) is 0 Å². The molecule has 0 spiro atoms. The second kappa shape index (κ2) is 8.70. The van der Waals surface area contributed by atoms with Gasteiger partial charge in [0.25, 0.3) is 0 Å². The van der Waals surface area contributed by atoms with Gasteiger partial charge in [-0.15, -0.1) is 11.8 Å². The molecule has 1 aliphatic heterocycles. The zero-order valence-corrected chi connectivity index (χ0v) is 15.0. The highest BCUT2D eigenvalue weighted by Crippen LogP contribution is 2.20. The topological polar surface area (TPSA) is 66.5 Å². The minimum atomic E-state index is -3.20. The summed E-state index contributed by atoms with van der Waals surface area (Å²) in [6.45, 7) is 3.08. The van der Waals surface area contributed by atoms with E-state index < -0.39 is 10.0 Å². The van der Waals surface area contributed by atoms with E-state index in [1.54, 1.807) is 18.7 Å². The van der Waals surface area contributed by atoms with Crippen LogP contribution in [0.3, 0.4) is 0 Å². The van der Waals surface area contributed by atoms with Gasteiger partial charge in [-0.25, -0.2) is 12.7 Å². The molecule has 7 heteroatoms. The second-order valence-corrected chi connectivity index (χ2v) is 8.98. The third kappa shape index (κ3) is 5.51. The first-order valence-corrected chi connectivity index (χ1v) is 10.6. The molecule has 0 aromatic heterocycles. The van der Waals surface area contributed by atoms with Crippen LogP contribution >= 0.6 is 11.8 Å². The first kappa shape index (κ1) is 18.3. The third-order valence-electron chi connectivity index (χ3n) is 3.93. The summed E-state index contributed by atoms with van der Waals surface area (Å²) in [5.41, 5.74) is 0. The lowest BCUT2D eigenvalue weighted by Crippen LogP contribution is -2.46. The lowest BCUT2D eigenvalue weighted by Gasteiger charge is -2.30. The molecule has 5 nitrogen and oxygen atoms in total. The number of rotatable bonds is 7. The van der Waals surface area contributed by atoms with Gasteiger partial charge in [-0.1, -0.05) is 18.2 Å². The van der Waals surface area contributed by atoms with Gasteiger partial charge in [0.2, 0.25) is 15.9 Å². The van der Waals surface area contributed by atoms with Gasteiger partial charge in [-0.3, -0.25) is 4.79 Å². The van der Waals surface area contributed by atoms with Crippen molar-refractivity contribution in [2.24, 2.45) is 5.92 Å². The van der Waals surface area contributed by atoms with Gasteiger partial charge < -0.3 is 5.32 Å². The molecule has 0 bridgehead atoms. The number of piperidine rings is 1. The monoisotopic (exact) mass is 356 g/mol. The molecule has 1 heterocycles. The van der Waals surface area contributed by atoms with Crippen LogP contribution in [-0.4, -0.2) is 49.8 Å². The Kier molecular flexibility index (Phi) is 6.92. The fraction of sp³-hybridized carbons (Fsp3) is 0.562. The smallest absolute Gasteiger partial charge is 0.224 e. The number of hydrogen-bond donors (Lipinski definition) is 1. The number of amides is 1. The molecular formula is C16H24N2O3S2. The molecule has 1 atom stereocenters. The minimum absolute atomic E-state index is 0.0327. The molecule has 2 rings (SSSR count). The third-order valence-corrected chi connectivity index (χ3v) is 6.79. The molecule has 1 amide bonds. The lowest BCUT2D eigenvalue weighted by molar-refractivity contribution is -0.125. The summed E-state index contributed by atoms with van der Waals surface area (Å²) in [5.74, 6) is 0.635. The van der Waals surface area contributed by atoms with E-state index in [-0.39, 0.29) is 17.6 Å². The molecule has 23 heavy (non-hydrogen) atoms. The average molecular weight is 357 g/mol. The Bertz CT molecular complexity index is 605. The summed E-state index contributed by atoms with van der Waals surface area (Å²) >= 11 is 1.70. The van der Waals surface area contributed by atoms with Crippen LogP contribution in [0.4, 0.5) is 0 Å². The van der Waals surface area contributed by atoms with Crippen LogP contribution in [-0.2, 0) is 14.8 Å². The first-order valence-electron chi connectivity index (χ1n) is 7.96. The van der Waals surface area contributed by atoms with E-state index in [2.05, 4.69) is 5.32 Å². The summed E-state index contributed by atoms with van der Waals surface area (Å²) in [5, 5.41) is 2.93. The Hall–Kier alpha value is -1.05. The van der Waals surface area contributed by atoms with E-state index in [0.29, 0.717) is 19.6 Å². The van der Waals surface area contributed by atoms with Gasteiger partial charge in [0.15, 0.2) is 0 Å². The molecule has 1 aromatic rings. The molecule has 0 saturated carbocycles. The van der Waals surface area contributed by atoms with Crippen LogP contribution in [0, 0.1) is 5.92 Å². The summed E-state index contributed by atoms with van der Waals surface area (Å²) in [7, 11) is -3.20. The standard InChI is InChI=1S/C16H24N2O3S2/c1-2-23(20,21)18-11-6-7-14(13-18)16(19)17-10-12-22-15-8-4-3-5-9-15/h3-5,8-9,14H,2,6-7,10-13H2,1H3,(H,17,19)/t14-/m1/s1. The average Bonchev–Trinajstić information content (AvgIpc) is 2.59. The van der Waals surface area contributed by atoms with E-state index in [1.165, 1.54) is 9.20 Å². The van der Waals surface area contributed by atoms with Crippen LogP contribution in [0.2, 0.25) is 0 Å². The van der Waals surface area contributed by atoms with Gasteiger partial charge >= 0.3 is 0 Å². The maximum absolute atomic E-state index is 12.2. The molecule has 0 aliphatic carbocycles. The van der Waals surface area contributed by atoms with Gasteiger partial charge in [0.1, 0.15) is 0 Å². The van der Waals surface area contributed by atoms with E-state index >= 15 is 0 Å². The summed E-state index contributed by atoms with van der Waals surface area (Å²) in [6.07, 6.45) is 1.50. The zero-order valence-electron chi connectivity index (χ0n) is 13.4. The predicted octanol–water partition coefficient (Wildman–Crippen LogP) is 1.96. The van der Waals surface area contributed by atoms with Crippen molar-refractivity contribution in [1.82, 2.24) is 9.62 Å². The summed E-state index contributed by atoms with van der Waals surface area (Å²) < 4.78 is 25.3. The molecule has 1 fully saturated rings. The molecule has 1 aliphatic rings. The Labute approximate surface area is 142 Å². The highest BCUT2D eigenvalue weighted by atomic mass is 32.2. The van der Waals surface area contributed by atoms with Crippen molar-refractivity contribution in [2.75, 3.05) is 31.1 Å². The Morgan fingerprint density at radius 2 is 2.09 bits per heavy atom. The number of nitrogens with zero attached hydrogens (tertiary/aromatic N) is 1. The van der Waals surface area contributed by atoms with Crippen LogP contribution in [0.1, 0.15) is 19.8 Å². The highest BCUT2D eigenvalue weighted by Gasteiger charge is 2.31. The second-order valence-electron chi connectivity index (χ2n) is 5.55. The van der Waals surface area contributed by atoms with Crippen LogP contribution in [0.25, 0.3) is 0 Å². The molecule has 0 unspecified atom stereocenters. The number of carbonyl (C=O) groups is 1. The van der Waals surface area contributed by atoms with E-state index in [1.807, 2.05) is 30.3 Å². The van der Waals surface area contributed by atoms with Crippen molar-refractivity contribution in [3.8, 4) is 0 Å². The van der Waals surface area contributed by atoms with Crippen LogP contribution < -0.4 is 5.32 Å². The zero-order chi connectivity index (χ0) is 16.7. The molecule has 1 saturated heterocycles. The van der Waals surface area contributed by atoms with Crippen molar-refractivity contribution in [3.05, 3.63) is 30.3 Å². The minimum Gasteiger partial charge on any atom is -0.355 e. The Balaban J connectivity index is 1.75. The SMILES string of the molecule is CCS(=O)(=O)N1CCC[C@@H](C(=O)NCCSc2ccccc2)C1. The highest BCUT2D eigenvalue weighted by molar-refractivity contribution is 7.99. The fourth-order valence-electron chi connectivity index (χ4n) is 2.60. The molecular weight excluding hydrogens is 332 g/mol. The predicted molar refractivity (Wildman–Crippen MR) is 93.9 cm³/mol. The van der Waals surface area contributed by atoms with E-state index in [0.717, 1.165) is 18.6 Å². The summed E-state index contributed by atoms with van der Waals surface area (Å²) in [4.78, 5) is 13.4. The maximum Gasteiger partial charge on any atom is 0.224 e. The fourth-order valence-corrected chi connectivity index (χ4v) is 4.56. The quantitative estimate of drug-likeness (QED) is 0.599. The Morgan fingerprint density at radius 3 is 2.78 bits per heavy atom. The number of hydrogen-bond acceptors (Lipinski definition) is 4. The molecule has 0 radical (unpaired) electrons. The molecule has 1 aromatic carbocycles. The van der Waals surface area contributed by atoms with E-state index in [9.17, 15) is 13.2 Å². The number of carbonyl (C=O) groups excluding carboxylic acids is 1. The normalized spacial score (nSPS) is 19.4. The van der Waals surface area contributed by atoms with Crippen LogP contribution in [0.15, 0.2) is 35.2 Å². The van der Waals surface area contributed by atoms with Gasteiger partial charge in [-0.05, 0) is 31.9 Å². The van der Waals surface area contributed by atoms with E-state index in [4.69, 9.17) is 0 Å². The number of sulfonamides is 1. The molecule has 1 N–H and O–H groups in total. The number of thioether (sulfide) groups is 1. The van der Waals surface area contributed by atoms with Gasteiger partial charge in [-0.2, -0.15) is 0 Å².